The molecule has 1 aromatic carbocycles. The zero-order chi connectivity index (χ0) is 22.6. The topological polar surface area (TPSA) is 136 Å². The second-order valence-corrected chi connectivity index (χ2v) is 8.38. The number of nitrogens with one attached hydrogen (secondary N) is 1. The molecule has 2 unspecified atom stereocenters. The average Bonchev–Trinajstić information content (AvgIpc) is 3.32. The smallest absolute Gasteiger partial charge is 0.335 e. The Bertz CT molecular complexity index is 637. The van der Waals surface area contributed by atoms with E-state index in [9.17, 15) is 9.59 Å². The Morgan fingerprint density at radius 2 is 1.58 bits per heavy atom. The summed E-state index contributed by atoms with van der Waals surface area (Å²) in [4.78, 5) is 19.5. The number of ether oxygens (including phenoxy) is 1. The largest absolute Gasteiger partial charge is 0.479 e. The van der Waals surface area contributed by atoms with Crippen LogP contribution in [0.1, 0.15) is 50.5 Å². The van der Waals surface area contributed by atoms with Crippen molar-refractivity contribution in [1.82, 2.24) is 5.32 Å². The fourth-order valence-corrected chi connectivity index (χ4v) is 4.28. The van der Waals surface area contributed by atoms with Gasteiger partial charge in [0, 0.05) is 12.6 Å². The third-order valence-corrected chi connectivity index (χ3v) is 6.15. The van der Waals surface area contributed by atoms with Crippen LogP contribution in [-0.4, -0.2) is 63.8 Å². The van der Waals surface area contributed by atoms with E-state index in [1.807, 2.05) is 0 Å². The quantitative estimate of drug-likeness (QED) is 0.370. The number of aliphatic hydroxyl groups excluding tert-OH is 2. The van der Waals surface area contributed by atoms with E-state index in [4.69, 9.17) is 25.2 Å². The molecule has 1 aliphatic heterocycles. The normalized spacial score (nSPS) is 25.2. The number of carbonyl (C=O) groups is 2. The Labute approximate surface area is 183 Å². The van der Waals surface area contributed by atoms with Gasteiger partial charge in [0.25, 0.3) is 0 Å². The van der Waals surface area contributed by atoms with E-state index in [2.05, 4.69) is 35.6 Å². The van der Waals surface area contributed by atoms with Gasteiger partial charge < -0.3 is 30.5 Å². The number of aliphatic carboxylic acids is 2. The lowest BCUT2D eigenvalue weighted by atomic mass is 9.77. The van der Waals surface area contributed by atoms with Gasteiger partial charge in [0.15, 0.2) is 12.2 Å². The maximum atomic E-state index is 9.77. The summed E-state index contributed by atoms with van der Waals surface area (Å²) in [6, 6.07) is 11.3. The molecule has 3 atom stereocenters. The molecule has 0 radical (unpaired) electrons. The minimum Gasteiger partial charge on any atom is -0.479 e. The third kappa shape index (κ3) is 8.95. The fourth-order valence-electron chi connectivity index (χ4n) is 4.28. The highest BCUT2D eigenvalue weighted by molar-refractivity contribution is 5.83. The van der Waals surface area contributed by atoms with Crippen LogP contribution in [0, 0.1) is 11.8 Å². The summed E-state index contributed by atoms with van der Waals surface area (Å²) in [5, 5.41) is 36.2. The van der Waals surface area contributed by atoms with E-state index >= 15 is 0 Å². The first-order valence-electron chi connectivity index (χ1n) is 11.0. The molecule has 1 saturated heterocycles. The van der Waals surface area contributed by atoms with Crippen molar-refractivity contribution in [1.29, 1.82) is 0 Å². The van der Waals surface area contributed by atoms with Crippen molar-refractivity contribution in [3.05, 3.63) is 35.9 Å². The zero-order valence-corrected chi connectivity index (χ0v) is 17.9. The van der Waals surface area contributed by atoms with Crippen molar-refractivity contribution in [3.63, 3.8) is 0 Å². The second kappa shape index (κ2) is 13.4. The van der Waals surface area contributed by atoms with Crippen LogP contribution in [0.2, 0.25) is 0 Å². The lowest BCUT2D eigenvalue weighted by molar-refractivity contribution is -0.165. The Kier molecular flexibility index (Phi) is 10.9. The molecule has 1 saturated carbocycles. The molecule has 174 valence electrons. The molecule has 0 aromatic heterocycles. The van der Waals surface area contributed by atoms with Gasteiger partial charge in [-0.15, -0.1) is 0 Å². The van der Waals surface area contributed by atoms with Crippen LogP contribution in [0.25, 0.3) is 0 Å². The van der Waals surface area contributed by atoms with Crippen LogP contribution in [0.3, 0.4) is 0 Å². The zero-order valence-electron chi connectivity index (χ0n) is 17.9. The van der Waals surface area contributed by atoms with E-state index in [1.165, 1.54) is 57.1 Å². The van der Waals surface area contributed by atoms with Crippen molar-refractivity contribution in [2.24, 2.45) is 11.8 Å². The van der Waals surface area contributed by atoms with Crippen molar-refractivity contribution in [2.75, 3.05) is 13.2 Å². The molecule has 2 aliphatic rings. The first-order valence-corrected chi connectivity index (χ1v) is 11.0. The van der Waals surface area contributed by atoms with Crippen LogP contribution in [0.4, 0.5) is 0 Å². The minimum atomic E-state index is -2.27. The van der Waals surface area contributed by atoms with Crippen molar-refractivity contribution >= 4 is 11.9 Å². The van der Waals surface area contributed by atoms with Gasteiger partial charge >= 0.3 is 11.9 Å². The SMILES string of the molecule is O=C(O)C(O)C(O)C(=O)O.c1ccc(COCC[C@H]2CC[C@H]([C@H]3CCCN3)CC2)cc1. The van der Waals surface area contributed by atoms with Crippen LogP contribution in [0.15, 0.2) is 30.3 Å². The van der Waals surface area contributed by atoms with Crippen LogP contribution >= 0.6 is 0 Å². The number of carboxylic acid groups (broad SMARTS) is 2. The molecule has 0 bridgehead atoms. The number of rotatable bonds is 9. The molecule has 1 aliphatic carbocycles. The molecule has 0 amide bonds. The highest BCUT2D eigenvalue weighted by Crippen LogP contribution is 2.34. The first-order chi connectivity index (χ1) is 14.9. The lowest BCUT2D eigenvalue weighted by Crippen LogP contribution is -2.39. The van der Waals surface area contributed by atoms with E-state index in [-0.39, 0.29) is 0 Å². The molecule has 0 spiro atoms. The summed E-state index contributed by atoms with van der Waals surface area (Å²) in [6.07, 6.45) is 5.21. The van der Waals surface area contributed by atoms with Gasteiger partial charge in [-0.3, -0.25) is 0 Å². The molecular weight excluding hydrogens is 402 g/mol. The fraction of sp³-hybridized carbons (Fsp3) is 0.652. The standard InChI is InChI=1S/C19H29NO.C4H6O6/c1-2-5-17(6-3-1)15-21-14-12-16-8-10-18(11-9-16)19-7-4-13-20-19;5-1(3(7)8)2(6)4(9)10/h1-3,5-6,16,18-20H,4,7-15H2;1-2,5-6H,(H,7,8)(H,9,10)/t16-,18-,19-;/m1./s1. The number of hydrogen-bond acceptors (Lipinski definition) is 6. The monoisotopic (exact) mass is 437 g/mol. The first kappa shape index (κ1) is 25.3. The molecule has 8 nitrogen and oxygen atoms in total. The Morgan fingerprint density at radius 1 is 0.968 bits per heavy atom. The summed E-state index contributed by atoms with van der Waals surface area (Å²) in [5.74, 6) is -1.68. The number of benzene rings is 1. The predicted molar refractivity (Wildman–Crippen MR) is 114 cm³/mol. The van der Waals surface area contributed by atoms with E-state index in [0.717, 1.165) is 31.1 Å². The van der Waals surface area contributed by atoms with Gasteiger partial charge in [0.05, 0.1) is 6.61 Å². The number of hydrogen-bond donors (Lipinski definition) is 5. The molecule has 1 heterocycles. The summed E-state index contributed by atoms with van der Waals surface area (Å²) in [7, 11) is 0. The number of aliphatic hydroxyl groups is 2. The molecule has 5 N–H and O–H groups in total. The molecule has 2 fully saturated rings. The van der Waals surface area contributed by atoms with Gasteiger partial charge in [-0.1, -0.05) is 43.2 Å². The highest BCUT2D eigenvalue weighted by atomic mass is 16.5. The predicted octanol–water partition coefficient (Wildman–Crippen LogP) is 2.03. The Balaban J connectivity index is 0.000000291. The highest BCUT2D eigenvalue weighted by Gasteiger charge is 2.30. The van der Waals surface area contributed by atoms with Gasteiger partial charge in [0.2, 0.25) is 0 Å². The molecule has 31 heavy (non-hydrogen) atoms. The molecule has 3 rings (SSSR count). The van der Waals surface area contributed by atoms with Crippen LogP contribution in [0.5, 0.6) is 0 Å². The van der Waals surface area contributed by atoms with Crippen LogP contribution < -0.4 is 5.32 Å². The van der Waals surface area contributed by atoms with Crippen LogP contribution in [-0.2, 0) is 20.9 Å². The van der Waals surface area contributed by atoms with E-state index < -0.39 is 24.1 Å². The van der Waals surface area contributed by atoms with Gasteiger partial charge in [-0.25, -0.2) is 9.59 Å². The van der Waals surface area contributed by atoms with Gasteiger partial charge in [-0.2, -0.15) is 0 Å². The van der Waals surface area contributed by atoms with E-state index in [1.54, 1.807) is 0 Å². The second-order valence-electron chi connectivity index (χ2n) is 8.38. The summed E-state index contributed by atoms with van der Waals surface area (Å²) < 4.78 is 5.84. The third-order valence-electron chi connectivity index (χ3n) is 6.15. The minimum absolute atomic E-state index is 0.766. The maximum absolute atomic E-state index is 9.77. The summed E-state index contributed by atoms with van der Waals surface area (Å²) in [5.41, 5.74) is 1.29. The number of carboxylic acids is 2. The molecular formula is C23H35NO7. The van der Waals surface area contributed by atoms with Gasteiger partial charge in [-0.05, 0) is 56.0 Å². The van der Waals surface area contributed by atoms with Gasteiger partial charge in [0.1, 0.15) is 0 Å². The van der Waals surface area contributed by atoms with E-state index in [0.29, 0.717) is 0 Å². The molecule has 1 aromatic rings. The Morgan fingerprint density at radius 3 is 2.10 bits per heavy atom. The lowest BCUT2D eigenvalue weighted by Gasteiger charge is -2.32. The Hall–Kier alpha value is -2.00. The van der Waals surface area contributed by atoms with Crippen molar-refractivity contribution < 1.29 is 34.8 Å². The summed E-state index contributed by atoms with van der Waals surface area (Å²) >= 11 is 0. The average molecular weight is 438 g/mol. The molecule has 8 heteroatoms. The van der Waals surface area contributed by atoms with Crippen molar-refractivity contribution in [2.45, 2.75) is 69.8 Å². The van der Waals surface area contributed by atoms with Crippen molar-refractivity contribution in [3.8, 4) is 0 Å². The maximum Gasteiger partial charge on any atom is 0.335 e. The summed E-state index contributed by atoms with van der Waals surface area (Å²) in [6.45, 7) is 2.94.